The monoisotopic (exact) mass is 389 g/mol. The highest BCUT2D eigenvalue weighted by molar-refractivity contribution is 5.95. The maximum atomic E-state index is 13.3. The summed E-state index contributed by atoms with van der Waals surface area (Å²) >= 11 is 0. The Labute approximate surface area is 169 Å². The van der Waals surface area contributed by atoms with E-state index >= 15 is 0 Å². The van der Waals surface area contributed by atoms with E-state index in [0.717, 1.165) is 48.7 Å². The minimum atomic E-state index is -0.131. The number of hydrogen-bond acceptors (Lipinski definition) is 4. The maximum absolute atomic E-state index is 13.3. The number of amides is 1. The average molecular weight is 389 g/mol. The van der Waals surface area contributed by atoms with Crippen LogP contribution in [0.5, 0.6) is 5.75 Å². The van der Waals surface area contributed by atoms with Crippen molar-refractivity contribution in [3.05, 3.63) is 66.4 Å². The Hall–Kier alpha value is -3.12. The fourth-order valence-corrected chi connectivity index (χ4v) is 4.22. The highest BCUT2D eigenvalue weighted by Gasteiger charge is 2.50. The summed E-state index contributed by atoms with van der Waals surface area (Å²) in [6.45, 7) is 2.11. The van der Waals surface area contributed by atoms with Gasteiger partial charge in [0.2, 0.25) is 0 Å². The average Bonchev–Trinajstić information content (AvgIpc) is 3.43. The molecule has 2 aromatic carbocycles. The van der Waals surface area contributed by atoms with E-state index in [1.165, 1.54) is 0 Å². The van der Waals surface area contributed by atoms with Gasteiger partial charge < -0.3 is 14.4 Å². The molecule has 2 aliphatic rings. The van der Waals surface area contributed by atoms with Gasteiger partial charge in [0, 0.05) is 18.7 Å². The molecule has 3 heterocycles. The van der Waals surface area contributed by atoms with Crippen molar-refractivity contribution in [2.75, 3.05) is 26.9 Å². The van der Waals surface area contributed by atoms with Crippen molar-refractivity contribution in [3.63, 3.8) is 0 Å². The van der Waals surface area contributed by atoms with Gasteiger partial charge in [-0.2, -0.15) is 5.10 Å². The molecule has 1 unspecified atom stereocenters. The van der Waals surface area contributed by atoms with Gasteiger partial charge in [-0.3, -0.25) is 4.79 Å². The van der Waals surface area contributed by atoms with Crippen LogP contribution >= 0.6 is 0 Å². The van der Waals surface area contributed by atoms with Crippen LogP contribution in [-0.2, 0) is 4.74 Å². The second kappa shape index (κ2) is 7.04. The third-order valence-electron chi connectivity index (χ3n) is 6.02. The van der Waals surface area contributed by atoms with Crippen molar-refractivity contribution in [3.8, 4) is 22.7 Å². The van der Waals surface area contributed by atoms with Crippen LogP contribution in [0, 0.1) is 0 Å². The molecule has 148 valence electrons. The summed E-state index contributed by atoms with van der Waals surface area (Å²) in [5, 5.41) is 4.71. The van der Waals surface area contributed by atoms with Crippen molar-refractivity contribution in [1.29, 1.82) is 0 Å². The molecule has 0 radical (unpaired) electrons. The SMILES string of the molecule is COc1ccc(-c2cc(C(=O)N3CCC34CCOC4)nn2-c2ccccc2)cc1. The van der Waals surface area contributed by atoms with E-state index in [1.54, 1.807) is 7.11 Å². The number of hydrogen-bond donors (Lipinski definition) is 0. The van der Waals surface area contributed by atoms with Gasteiger partial charge in [-0.15, -0.1) is 0 Å². The van der Waals surface area contributed by atoms with Crippen LogP contribution in [0.1, 0.15) is 23.3 Å². The van der Waals surface area contributed by atoms with Crippen LogP contribution < -0.4 is 4.74 Å². The molecule has 5 rings (SSSR count). The largest absolute Gasteiger partial charge is 0.497 e. The molecular weight excluding hydrogens is 366 g/mol. The fraction of sp³-hybridized carbons (Fsp3) is 0.304. The van der Waals surface area contributed by atoms with E-state index in [-0.39, 0.29) is 11.4 Å². The third kappa shape index (κ3) is 3.00. The predicted molar refractivity (Wildman–Crippen MR) is 109 cm³/mol. The van der Waals surface area contributed by atoms with E-state index in [2.05, 4.69) is 0 Å². The smallest absolute Gasteiger partial charge is 0.274 e. The number of rotatable bonds is 4. The van der Waals surface area contributed by atoms with Crippen LogP contribution in [0.2, 0.25) is 0 Å². The van der Waals surface area contributed by atoms with E-state index in [1.807, 2.05) is 70.2 Å². The molecule has 2 fully saturated rings. The number of nitrogens with zero attached hydrogens (tertiary/aromatic N) is 3. The maximum Gasteiger partial charge on any atom is 0.274 e. The van der Waals surface area contributed by atoms with E-state index in [9.17, 15) is 4.79 Å². The molecule has 6 heteroatoms. The molecule has 1 amide bonds. The number of ether oxygens (including phenoxy) is 2. The molecule has 1 aromatic heterocycles. The standard InChI is InChI=1S/C23H23N3O3/c1-28-19-9-7-17(8-10-19)21-15-20(24-26(21)18-5-3-2-4-6-18)22(27)25-13-11-23(25)12-14-29-16-23/h2-10,15H,11-14,16H2,1H3. The van der Waals surface area contributed by atoms with Gasteiger partial charge >= 0.3 is 0 Å². The first-order valence-corrected chi connectivity index (χ1v) is 9.90. The first-order valence-electron chi connectivity index (χ1n) is 9.90. The minimum absolute atomic E-state index is 0.0220. The number of methoxy groups -OCH3 is 1. The van der Waals surface area contributed by atoms with Crippen LogP contribution in [0.3, 0.4) is 0 Å². The molecule has 29 heavy (non-hydrogen) atoms. The van der Waals surface area contributed by atoms with Crippen LogP contribution in [0.25, 0.3) is 16.9 Å². The van der Waals surface area contributed by atoms with Crippen LogP contribution in [0.4, 0.5) is 0 Å². The van der Waals surface area contributed by atoms with Gasteiger partial charge in [-0.05, 0) is 55.3 Å². The lowest BCUT2D eigenvalue weighted by Crippen LogP contribution is -2.62. The van der Waals surface area contributed by atoms with Gasteiger partial charge in [0.05, 0.1) is 30.6 Å². The van der Waals surface area contributed by atoms with Gasteiger partial charge in [-0.1, -0.05) is 18.2 Å². The molecule has 0 N–H and O–H groups in total. The number of para-hydroxylation sites is 1. The summed E-state index contributed by atoms with van der Waals surface area (Å²) < 4.78 is 12.7. The molecule has 2 saturated heterocycles. The fourth-order valence-electron chi connectivity index (χ4n) is 4.22. The Balaban J connectivity index is 1.55. The van der Waals surface area contributed by atoms with E-state index in [0.29, 0.717) is 12.3 Å². The topological polar surface area (TPSA) is 56.6 Å². The normalized spacial score (nSPS) is 20.7. The van der Waals surface area contributed by atoms with Crippen molar-refractivity contribution in [2.24, 2.45) is 0 Å². The Bertz CT molecular complexity index is 1020. The Kier molecular flexibility index (Phi) is 4.36. The first-order chi connectivity index (χ1) is 14.2. The summed E-state index contributed by atoms with van der Waals surface area (Å²) in [4.78, 5) is 15.2. The van der Waals surface area contributed by atoms with E-state index in [4.69, 9.17) is 14.6 Å². The molecule has 0 saturated carbocycles. The molecule has 6 nitrogen and oxygen atoms in total. The van der Waals surface area contributed by atoms with E-state index < -0.39 is 0 Å². The zero-order valence-electron chi connectivity index (χ0n) is 16.4. The molecule has 1 atom stereocenters. The second-order valence-corrected chi connectivity index (χ2v) is 7.62. The predicted octanol–water partition coefficient (Wildman–Crippen LogP) is 3.55. The summed E-state index contributed by atoms with van der Waals surface area (Å²) in [5.41, 5.74) is 3.10. The molecule has 0 bridgehead atoms. The van der Waals surface area contributed by atoms with Crippen molar-refractivity contribution in [1.82, 2.24) is 14.7 Å². The summed E-state index contributed by atoms with van der Waals surface area (Å²) in [5.74, 6) is 0.769. The molecule has 0 aliphatic carbocycles. The molecule has 2 aliphatic heterocycles. The quantitative estimate of drug-likeness (QED) is 0.685. The summed E-state index contributed by atoms with van der Waals surface area (Å²) in [7, 11) is 1.65. The number of likely N-dealkylation sites (tertiary alicyclic amines) is 1. The molecular formula is C23H23N3O3. The second-order valence-electron chi connectivity index (χ2n) is 7.62. The Morgan fingerprint density at radius 3 is 2.52 bits per heavy atom. The third-order valence-corrected chi connectivity index (χ3v) is 6.02. The molecule has 1 spiro atoms. The zero-order valence-corrected chi connectivity index (χ0v) is 16.4. The van der Waals surface area contributed by atoms with Crippen molar-refractivity contribution in [2.45, 2.75) is 18.4 Å². The van der Waals surface area contributed by atoms with Crippen LogP contribution in [-0.4, -0.2) is 53.0 Å². The summed E-state index contributed by atoms with van der Waals surface area (Å²) in [6.07, 6.45) is 1.91. The van der Waals surface area contributed by atoms with Gasteiger partial charge in [0.15, 0.2) is 5.69 Å². The number of carbonyl (C=O) groups is 1. The van der Waals surface area contributed by atoms with Gasteiger partial charge in [0.1, 0.15) is 5.75 Å². The number of benzene rings is 2. The lowest BCUT2D eigenvalue weighted by molar-refractivity contribution is -0.00842. The van der Waals surface area contributed by atoms with Crippen LogP contribution in [0.15, 0.2) is 60.7 Å². The lowest BCUT2D eigenvalue weighted by atomic mass is 9.83. The highest BCUT2D eigenvalue weighted by Crippen LogP contribution is 2.39. The lowest BCUT2D eigenvalue weighted by Gasteiger charge is -2.49. The van der Waals surface area contributed by atoms with Gasteiger partial charge in [-0.25, -0.2) is 4.68 Å². The zero-order chi connectivity index (χ0) is 19.8. The minimum Gasteiger partial charge on any atom is -0.497 e. The summed E-state index contributed by atoms with van der Waals surface area (Å²) in [6, 6.07) is 19.6. The van der Waals surface area contributed by atoms with Gasteiger partial charge in [0.25, 0.3) is 5.91 Å². The highest BCUT2D eigenvalue weighted by atomic mass is 16.5. The molecule has 3 aromatic rings. The number of carbonyl (C=O) groups excluding carboxylic acids is 1. The number of aromatic nitrogens is 2. The Morgan fingerprint density at radius 1 is 1.10 bits per heavy atom. The van der Waals surface area contributed by atoms with Crippen molar-refractivity contribution >= 4 is 5.91 Å². The Morgan fingerprint density at radius 2 is 1.90 bits per heavy atom. The first kappa shape index (κ1) is 17.9. The van der Waals surface area contributed by atoms with Crippen molar-refractivity contribution < 1.29 is 14.3 Å².